The van der Waals surface area contributed by atoms with E-state index < -0.39 is 0 Å². The average molecular weight is 287 g/mol. The van der Waals surface area contributed by atoms with E-state index in [-0.39, 0.29) is 0 Å². The van der Waals surface area contributed by atoms with E-state index in [1.807, 2.05) is 6.07 Å². The van der Waals surface area contributed by atoms with Crippen molar-refractivity contribution in [3.63, 3.8) is 0 Å². The first kappa shape index (κ1) is 14.3. The lowest BCUT2D eigenvalue weighted by Gasteiger charge is -2.26. The Labute approximate surface area is 119 Å². The molecule has 102 valence electrons. The molecule has 2 nitrogen and oxygen atoms in total. The van der Waals surface area contributed by atoms with Crippen LogP contribution in [0.4, 0.5) is 0 Å². The predicted molar refractivity (Wildman–Crippen MR) is 80.2 cm³/mol. The van der Waals surface area contributed by atoms with Gasteiger partial charge in [0.05, 0.1) is 4.34 Å². The molecule has 1 aliphatic rings. The van der Waals surface area contributed by atoms with Crippen LogP contribution in [0.25, 0.3) is 0 Å². The maximum absolute atomic E-state index is 6.28. The first-order valence-electron chi connectivity index (χ1n) is 6.83. The fraction of sp³-hybridized carbons (Fsp3) is 0.714. The molecule has 0 bridgehead atoms. The van der Waals surface area contributed by atoms with Crippen molar-refractivity contribution in [2.75, 3.05) is 13.6 Å². The molecule has 0 amide bonds. The number of nitrogens with two attached hydrogens (primary N) is 1. The Balaban J connectivity index is 1.84. The van der Waals surface area contributed by atoms with Crippen molar-refractivity contribution in [1.82, 2.24) is 4.90 Å². The second kappa shape index (κ2) is 6.90. The van der Waals surface area contributed by atoms with E-state index in [4.69, 9.17) is 17.3 Å². The molecule has 0 saturated heterocycles. The standard InChI is InChI=1S/C14H23ClN2S/c1-17(10-12-7-8-14(15)18-12)9-11-5-3-2-4-6-13(11)16/h7-8,11,13H,2-6,9-10,16H2,1H3. The number of hydrogen-bond donors (Lipinski definition) is 1. The zero-order valence-electron chi connectivity index (χ0n) is 11.1. The molecule has 4 heteroatoms. The smallest absolute Gasteiger partial charge is 0.0931 e. The maximum atomic E-state index is 6.28. The number of hydrogen-bond acceptors (Lipinski definition) is 3. The number of halogens is 1. The Hall–Kier alpha value is -0.0900. The lowest BCUT2D eigenvalue weighted by molar-refractivity contribution is 0.238. The van der Waals surface area contributed by atoms with Gasteiger partial charge in [-0.3, -0.25) is 0 Å². The van der Waals surface area contributed by atoms with Gasteiger partial charge in [-0.1, -0.05) is 30.9 Å². The van der Waals surface area contributed by atoms with Gasteiger partial charge in [-0.15, -0.1) is 11.3 Å². The van der Waals surface area contributed by atoms with E-state index in [0.717, 1.165) is 17.4 Å². The second-order valence-electron chi connectivity index (χ2n) is 5.46. The Morgan fingerprint density at radius 3 is 2.83 bits per heavy atom. The van der Waals surface area contributed by atoms with Gasteiger partial charge in [0.25, 0.3) is 0 Å². The summed E-state index contributed by atoms with van der Waals surface area (Å²) in [7, 11) is 2.19. The van der Waals surface area contributed by atoms with Crippen LogP contribution >= 0.6 is 22.9 Å². The van der Waals surface area contributed by atoms with E-state index >= 15 is 0 Å². The van der Waals surface area contributed by atoms with Crippen LogP contribution in [0, 0.1) is 5.92 Å². The molecule has 1 saturated carbocycles. The SMILES string of the molecule is CN(Cc1ccc(Cl)s1)CC1CCCCCC1N. The van der Waals surface area contributed by atoms with Crippen LogP contribution in [0.15, 0.2) is 12.1 Å². The van der Waals surface area contributed by atoms with Crippen molar-refractivity contribution >= 4 is 22.9 Å². The van der Waals surface area contributed by atoms with Crippen LogP contribution in [-0.2, 0) is 6.54 Å². The van der Waals surface area contributed by atoms with Gasteiger partial charge in [0, 0.05) is 24.0 Å². The summed E-state index contributed by atoms with van der Waals surface area (Å²) in [6.45, 7) is 2.09. The van der Waals surface area contributed by atoms with Gasteiger partial charge in [0.1, 0.15) is 0 Å². The summed E-state index contributed by atoms with van der Waals surface area (Å²) in [5.41, 5.74) is 6.28. The normalized spacial score (nSPS) is 25.3. The van der Waals surface area contributed by atoms with Crippen molar-refractivity contribution in [2.45, 2.75) is 44.7 Å². The number of thiophene rings is 1. The highest BCUT2D eigenvalue weighted by Gasteiger charge is 2.21. The molecule has 2 rings (SSSR count). The minimum atomic E-state index is 0.391. The van der Waals surface area contributed by atoms with Crippen molar-refractivity contribution in [2.24, 2.45) is 11.7 Å². The van der Waals surface area contributed by atoms with Gasteiger partial charge in [0.15, 0.2) is 0 Å². The zero-order valence-corrected chi connectivity index (χ0v) is 12.6. The van der Waals surface area contributed by atoms with E-state index in [1.54, 1.807) is 11.3 Å². The molecule has 1 aromatic heterocycles. The Bertz CT molecular complexity index is 366. The quantitative estimate of drug-likeness (QED) is 0.855. The summed E-state index contributed by atoms with van der Waals surface area (Å²) < 4.78 is 0.879. The second-order valence-corrected chi connectivity index (χ2v) is 7.26. The van der Waals surface area contributed by atoms with E-state index in [1.165, 1.54) is 37.0 Å². The van der Waals surface area contributed by atoms with Gasteiger partial charge in [-0.2, -0.15) is 0 Å². The molecule has 0 aliphatic heterocycles. The summed E-state index contributed by atoms with van der Waals surface area (Å²) in [6.07, 6.45) is 6.49. The van der Waals surface area contributed by atoms with Gasteiger partial charge >= 0.3 is 0 Å². The van der Waals surface area contributed by atoms with Crippen LogP contribution in [0.1, 0.15) is 37.0 Å². The minimum Gasteiger partial charge on any atom is -0.327 e. The number of rotatable bonds is 4. The predicted octanol–water partition coefficient (Wildman–Crippen LogP) is 3.74. The first-order chi connectivity index (χ1) is 8.65. The van der Waals surface area contributed by atoms with Gasteiger partial charge < -0.3 is 10.6 Å². The molecular formula is C14H23ClN2S. The van der Waals surface area contributed by atoms with Crippen molar-refractivity contribution in [1.29, 1.82) is 0 Å². The van der Waals surface area contributed by atoms with Crippen LogP contribution in [-0.4, -0.2) is 24.5 Å². The molecule has 1 fully saturated rings. The van der Waals surface area contributed by atoms with E-state index in [0.29, 0.717) is 12.0 Å². The highest BCUT2D eigenvalue weighted by atomic mass is 35.5. The van der Waals surface area contributed by atoms with Crippen molar-refractivity contribution in [3.05, 3.63) is 21.3 Å². The van der Waals surface area contributed by atoms with Crippen LogP contribution < -0.4 is 5.73 Å². The van der Waals surface area contributed by atoms with Crippen molar-refractivity contribution < 1.29 is 0 Å². The highest BCUT2D eigenvalue weighted by molar-refractivity contribution is 7.16. The summed E-state index contributed by atoms with van der Waals surface area (Å²) >= 11 is 7.64. The Kier molecular flexibility index (Phi) is 5.49. The fourth-order valence-corrected chi connectivity index (χ4v) is 3.98. The third kappa shape index (κ3) is 4.23. The average Bonchev–Trinajstić information content (AvgIpc) is 2.61. The molecule has 0 spiro atoms. The summed E-state index contributed by atoms with van der Waals surface area (Å²) in [4.78, 5) is 3.72. The van der Waals surface area contributed by atoms with Gasteiger partial charge in [-0.05, 0) is 37.9 Å². The van der Waals surface area contributed by atoms with E-state index in [2.05, 4.69) is 18.0 Å². The van der Waals surface area contributed by atoms with Crippen molar-refractivity contribution in [3.8, 4) is 0 Å². The van der Waals surface area contributed by atoms with Gasteiger partial charge in [-0.25, -0.2) is 0 Å². The molecule has 1 aromatic rings. The molecule has 0 aromatic carbocycles. The highest BCUT2D eigenvalue weighted by Crippen LogP contribution is 2.25. The molecule has 18 heavy (non-hydrogen) atoms. The third-order valence-electron chi connectivity index (χ3n) is 3.82. The molecular weight excluding hydrogens is 264 g/mol. The maximum Gasteiger partial charge on any atom is 0.0931 e. The van der Waals surface area contributed by atoms with Crippen LogP contribution in [0.5, 0.6) is 0 Å². The molecule has 2 atom stereocenters. The fourth-order valence-electron chi connectivity index (χ4n) is 2.81. The molecule has 0 radical (unpaired) electrons. The minimum absolute atomic E-state index is 0.391. The summed E-state index contributed by atoms with van der Waals surface area (Å²) in [5, 5.41) is 0. The lowest BCUT2D eigenvalue weighted by Crippen LogP contribution is -2.37. The molecule has 2 N–H and O–H groups in total. The largest absolute Gasteiger partial charge is 0.327 e. The monoisotopic (exact) mass is 286 g/mol. The third-order valence-corrected chi connectivity index (χ3v) is 5.03. The van der Waals surface area contributed by atoms with Gasteiger partial charge in [0.2, 0.25) is 0 Å². The first-order valence-corrected chi connectivity index (χ1v) is 8.03. The van der Waals surface area contributed by atoms with Crippen LogP contribution in [0.3, 0.4) is 0 Å². The Morgan fingerprint density at radius 2 is 2.11 bits per heavy atom. The summed E-state index contributed by atoms with van der Waals surface area (Å²) in [6, 6.07) is 4.49. The molecule has 1 aliphatic carbocycles. The molecule has 2 unspecified atom stereocenters. The van der Waals surface area contributed by atoms with E-state index in [9.17, 15) is 0 Å². The number of nitrogens with zero attached hydrogens (tertiary/aromatic N) is 1. The lowest BCUT2D eigenvalue weighted by atomic mass is 9.95. The topological polar surface area (TPSA) is 29.3 Å². The van der Waals surface area contributed by atoms with Crippen LogP contribution in [0.2, 0.25) is 4.34 Å². The Morgan fingerprint density at radius 1 is 1.33 bits per heavy atom. The summed E-state index contributed by atoms with van der Waals surface area (Å²) in [5.74, 6) is 0.660. The zero-order chi connectivity index (χ0) is 13.0. The molecule has 1 heterocycles.